The fourth-order valence-corrected chi connectivity index (χ4v) is 1.69. The van der Waals surface area contributed by atoms with E-state index in [1.165, 1.54) is 22.9 Å². The summed E-state index contributed by atoms with van der Waals surface area (Å²) in [6.45, 7) is 0.362. The number of nitrogens with two attached hydrogens (primary N) is 1. The van der Waals surface area contributed by atoms with E-state index >= 15 is 0 Å². The Morgan fingerprint density at radius 2 is 2.06 bits per heavy atom. The fraction of sp³-hybridized carbons (Fsp3) is 0.0769. The number of aromatic nitrogens is 1. The first-order chi connectivity index (χ1) is 8.63. The van der Waals surface area contributed by atoms with Crippen LogP contribution in [0.15, 0.2) is 47.4 Å². The number of hydrogen-bond donors (Lipinski definition) is 2. The second kappa shape index (κ2) is 4.85. The molecule has 0 amide bonds. The second-order valence-corrected chi connectivity index (χ2v) is 3.78. The van der Waals surface area contributed by atoms with Crippen LogP contribution in [-0.2, 0) is 6.54 Å². The fourth-order valence-electron chi connectivity index (χ4n) is 1.69. The first kappa shape index (κ1) is 12.1. The van der Waals surface area contributed by atoms with Crippen LogP contribution in [0.5, 0.6) is 0 Å². The Hall–Kier alpha value is -2.40. The van der Waals surface area contributed by atoms with Gasteiger partial charge in [-0.15, -0.1) is 0 Å². The number of carboxylic acids is 1. The molecule has 0 aliphatic carbocycles. The molecule has 18 heavy (non-hydrogen) atoms. The Kier molecular flexibility index (Phi) is 3.25. The maximum atomic E-state index is 12.0. The molecule has 92 valence electrons. The molecule has 0 spiro atoms. The number of rotatable bonds is 3. The van der Waals surface area contributed by atoms with Crippen molar-refractivity contribution in [2.75, 3.05) is 0 Å². The number of carboxylic acid groups (broad SMARTS) is 1. The van der Waals surface area contributed by atoms with E-state index in [-0.39, 0.29) is 5.56 Å². The summed E-state index contributed by atoms with van der Waals surface area (Å²) in [7, 11) is 0. The van der Waals surface area contributed by atoms with Gasteiger partial charge in [0.05, 0.1) is 0 Å². The highest BCUT2D eigenvalue weighted by atomic mass is 16.4. The smallest absolute Gasteiger partial charge is 0.341 e. The van der Waals surface area contributed by atoms with Crippen LogP contribution in [0.1, 0.15) is 15.9 Å². The normalized spacial score (nSPS) is 10.3. The molecule has 5 heteroatoms. The third-order valence-corrected chi connectivity index (χ3v) is 2.60. The van der Waals surface area contributed by atoms with Gasteiger partial charge in [-0.05, 0) is 29.8 Å². The molecule has 2 rings (SSSR count). The minimum Gasteiger partial charge on any atom is -0.477 e. The highest BCUT2D eigenvalue weighted by Gasteiger charge is 2.10. The summed E-state index contributed by atoms with van der Waals surface area (Å²) in [6, 6.07) is 9.92. The molecule has 1 aromatic carbocycles. The summed E-state index contributed by atoms with van der Waals surface area (Å²) in [4.78, 5) is 22.9. The number of aromatic carboxylic acids is 1. The van der Waals surface area contributed by atoms with E-state index in [0.29, 0.717) is 12.2 Å². The monoisotopic (exact) mass is 244 g/mol. The molecule has 5 nitrogen and oxygen atoms in total. The van der Waals surface area contributed by atoms with Crippen molar-refractivity contribution in [2.24, 2.45) is 5.73 Å². The number of pyridine rings is 1. The summed E-state index contributed by atoms with van der Waals surface area (Å²) in [5.41, 5.74) is 6.20. The van der Waals surface area contributed by atoms with E-state index in [0.717, 1.165) is 5.56 Å². The first-order valence-electron chi connectivity index (χ1n) is 5.38. The van der Waals surface area contributed by atoms with Crippen LogP contribution < -0.4 is 11.3 Å². The minimum absolute atomic E-state index is 0.254. The van der Waals surface area contributed by atoms with Crippen molar-refractivity contribution in [2.45, 2.75) is 6.54 Å². The van der Waals surface area contributed by atoms with Crippen LogP contribution in [-0.4, -0.2) is 15.6 Å². The van der Waals surface area contributed by atoms with Gasteiger partial charge >= 0.3 is 5.97 Å². The molecule has 0 atom stereocenters. The van der Waals surface area contributed by atoms with Gasteiger partial charge in [-0.25, -0.2) is 4.79 Å². The third kappa shape index (κ3) is 2.16. The quantitative estimate of drug-likeness (QED) is 0.843. The molecule has 0 aliphatic heterocycles. The predicted octanol–water partition coefficient (Wildman–Crippen LogP) is 0.994. The van der Waals surface area contributed by atoms with E-state index < -0.39 is 11.5 Å². The molecule has 0 aliphatic rings. The van der Waals surface area contributed by atoms with Gasteiger partial charge in [0.25, 0.3) is 5.56 Å². The van der Waals surface area contributed by atoms with E-state index in [1.54, 1.807) is 18.2 Å². The molecular formula is C13H12N2O3. The van der Waals surface area contributed by atoms with Gasteiger partial charge in [-0.2, -0.15) is 0 Å². The topological polar surface area (TPSA) is 85.3 Å². The van der Waals surface area contributed by atoms with E-state index in [4.69, 9.17) is 10.8 Å². The lowest BCUT2D eigenvalue weighted by atomic mass is 10.2. The maximum Gasteiger partial charge on any atom is 0.341 e. The Labute approximate surface area is 103 Å². The molecule has 0 radical (unpaired) electrons. The van der Waals surface area contributed by atoms with Gasteiger partial charge < -0.3 is 10.8 Å². The van der Waals surface area contributed by atoms with Crippen LogP contribution in [0, 0.1) is 0 Å². The molecule has 3 N–H and O–H groups in total. The van der Waals surface area contributed by atoms with Crippen molar-refractivity contribution >= 4 is 5.97 Å². The highest BCUT2D eigenvalue weighted by molar-refractivity contribution is 5.87. The Morgan fingerprint density at radius 1 is 1.28 bits per heavy atom. The lowest BCUT2D eigenvalue weighted by molar-refractivity contribution is 0.0694. The minimum atomic E-state index is -1.23. The molecular weight excluding hydrogens is 232 g/mol. The zero-order chi connectivity index (χ0) is 13.1. The molecule has 2 aromatic rings. The summed E-state index contributed by atoms with van der Waals surface area (Å²) >= 11 is 0. The lowest BCUT2D eigenvalue weighted by Crippen LogP contribution is -2.24. The molecule has 0 fully saturated rings. The van der Waals surface area contributed by atoms with Gasteiger partial charge in [0.2, 0.25) is 0 Å². The average molecular weight is 244 g/mol. The summed E-state index contributed by atoms with van der Waals surface area (Å²) in [5, 5.41) is 8.90. The van der Waals surface area contributed by atoms with Crippen LogP contribution in [0.4, 0.5) is 0 Å². The van der Waals surface area contributed by atoms with Gasteiger partial charge in [0, 0.05) is 18.4 Å². The summed E-state index contributed by atoms with van der Waals surface area (Å²) in [5.74, 6) is -1.23. The average Bonchev–Trinajstić information content (AvgIpc) is 2.38. The number of carbonyl (C=O) groups is 1. The second-order valence-electron chi connectivity index (χ2n) is 3.78. The predicted molar refractivity (Wildman–Crippen MR) is 66.9 cm³/mol. The zero-order valence-corrected chi connectivity index (χ0v) is 9.54. The van der Waals surface area contributed by atoms with Crippen molar-refractivity contribution in [1.29, 1.82) is 0 Å². The van der Waals surface area contributed by atoms with Crippen molar-refractivity contribution in [3.05, 3.63) is 64.1 Å². The van der Waals surface area contributed by atoms with Crippen LogP contribution in [0.3, 0.4) is 0 Å². The Morgan fingerprint density at radius 3 is 2.72 bits per heavy atom. The van der Waals surface area contributed by atoms with E-state index in [1.807, 2.05) is 6.07 Å². The van der Waals surface area contributed by atoms with E-state index in [9.17, 15) is 9.59 Å². The Balaban J connectivity index is 2.61. The van der Waals surface area contributed by atoms with Gasteiger partial charge in [-0.1, -0.05) is 12.1 Å². The van der Waals surface area contributed by atoms with E-state index in [2.05, 4.69) is 0 Å². The molecule has 0 saturated heterocycles. The molecule has 0 bridgehead atoms. The van der Waals surface area contributed by atoms with Crippen LogP contribution in [0.2, 0.25) is 0 Å². The maximum absolute atomic E-state index is 12.0. The summed E-state index contributed by atoms with van der Waals surface area (Å²) in [6.07, 6.45) is 1.53. The Bertz CT molecular complexity index is 647. The highest BCUT2D eigenvalue weighted by Crippen LogP contribution is 2.08. The van der Waals surface area contributed by atoms with Crippen molar-refractivity contribution in [3.8, 4) is 5.69 Å². The summed E-state index contributed by atoms with van der Waals surface area (Å²) < 4.78 is 1.29. The SMILES string of the molecule is NCc1cccc(-n2cccc(C(=O)O)c2=O)c1. The van der Waals surface area contributed by atoms with Gasteiger partial charge in [0.15, 0.2) is 0 Å². The van der Waals surface area contributed by atoms with Crippen molar-refractivity contribution in [1.82, 2.24) is 4.57 Å². The van der Waals surface area contributed by atoms with Gasteiger partial charge in [-0.3, -0.25) is 9.36 Å². The number of benzene rings is 1. The number of hydrogen-bond acceptors (Lipinski definition) is 3. The third-order valence-electron chi connectivity index (χ3n) is 2.60. The standard InChI is InChI=1S/C13H12N2O3/c14-8-9-3-1-4-10(7-9)15-6-2-5-11(12(15)16)13(17)18/h1-7H,8,14H2,(H,17,18). The van der Waals surface area contributed by atoms with Crippen LogP contribution in [0.25, 0.3) is 5.69 Å². The largest absolute Gasteiger partial charge is 0.477 e. The van der Waals surface area contributed by atoms with Gasteiger partial charge in [0.1, 0.15) is 5.56 Å². The van der Waals surface area contributed by atoms with Crippen molar-refractivity contribution in [3.63, 3.8) is 0 Å². The first-order valence-corrected chi connectivity index (χ1v) is 5.38. The molecule has 1 aromatic heterocycles. The molecule has 1 heterocycles. The lowest BCUT2D eigenvalue weighted by Gasteiger charge is -2.07. The van der Waals surface area contributed by atoms with Crippen LogP contribution >= 0.6 is 0 Å². The van der Waals surface area contributed by atoms with Crippen molar-refractivity contribution < 1.29 is 9.90 Å². The molecule has 0 saturated carbocycles. The number of nitrogens with zero attached hydrogens (tertiary/aromatic N) is 1. The molecule has 0 unspecified atom stereocenters. The zero-order valence-electron chi connectivity index (χ0n) is 9.54.